The van der Waals surface area contributed by atoms with Crippen LogP contribution < -0.4 is 0 Å². The van der Waals surface area contributed by atoms with Crippen LogP contribution in [0.3, 0.4) is 0 Å². The van der Waals surface area contributed by atoms with Crippen molar-refractivity contribution in [2.24, 2.45) is 5.41 Å². The lowest BCUT2D eigenvalue weighted by molar-refractivity contribution is 0.0649. The molecule has 0 saturated carbocycles. The van der Waals surface area contributed by atoms with Crippen molar-refractivity contribution < 1.29 is 5.11 Å². The van der Waals surface area contributed by atoms with E-state index in [9.17, 15) is 5.11 Å². The van der Waals surface area contributed by atoms with Gasteiger partial charge < -0.3 is 5.11 Å². The van der Waals surface area contributed by atoms with E-state index < -0.39 is 0 Å². The van der Waals surface area contributed by atoms with Gasteiger partial charge in [0.15, 0.2) is 0 Å². The van der Waals surface area contributed by atoms with Crippen LogP contribution in [-0.2, 0) is 0 Å². The van der Waals surface area contributed by atoms with Gasteiger partial charge in [-0.1, -0.05) is 40.3 Å². The lowest BCUT2D eigenvalue weighted by Gasteiger charge is -2.30. The molecular formula is C10H21OS2. The van der Waals surface area contributed by atoms with E-state index in [0.717, 1.165) is 17.9 Å². The van der Waals surface area contributed by atoms with Crippen molar-refractivity contribution in [1.82, 2.24) is 0 Å². The Hall–Kier alpha value is 0.660. The molecule has 2 unspecified atom stereocenters. The molecule has 3 heteroatoms. The molecule has 0 spiro atoms. The van der Waals surface area contributed by atoms with Gasteiger partial charge in [0.25, 0.3) is 0 Å². The standard InChI is InChI=1S/C10H21OS2/c1-8(13-7-5-6-12)9(11)10(2,3)4/h8-9,11H,5-7H2,1-4H3. The summed E-state index contributed by atoms with van der Waals surface area (Å²) in [6.07, 6.45) is 0.837. The second-order valence-corrected chi connectivity index (χ2v) is 6.34. The first kappa shape index (κ1) is 13.7. The quantitative estimate of drug-likeness (QED) is 0.720. The van der Waals surface area contributed by atoms with Gasteiger partial charge in [-0.05, 0) is 17.6 Å². The summed E-state index contributed by atoms with van der Waals surface area (Å²) < 4.78 is 0. The summed E-state index contributed by atoms with van der Waals surface area (Å²) in [4.78, 5) is 0. The molecule has 0 aromatic rings. The highest BCUT2D eigenvalue weighted by Gasteiger charge is 2.27. The molecule has 0 aliphatic heterocycles. The molecule has 0 aromatic heterocycles. The van der Waals surface area contributed by atoms with Crippen molar-refractivity contribution in [2.75, 3.05) is 11.5 Å². The molecule has 0 aliphatic carbocycles. The highest BCUT2D eigenvalue weighted by Crippen LogP contribution is 2.28. The fraction of sp³-hybridized carbons (Fsp3) is 1.00. The summed E-state index contributed by atoms with van der Waals surface area (Å²) in [6, 6.07) is 0. The largest absolute Gasteiger partial charge is 0.391 e. The number of hydrogen-bond acceptors (Lipinski definition) is 2. The van der Waals surface area contributed by atoms with Crippen LogP contribution in [0.4, 0.5) is 0 Å². The summed E-state index contributed by atoms with van der Waals surface area (Å²) in [5.74, 6) is 1.89. The first-order chi connectivity index (χ1) is 5.89. The van der Waals surface area contributed by atoms with E-state index in [1.54, 1.807) is 0 Å². The monoisotopic (exact) mass is 221 g/mol. The Morgan fingerprint density at radius 2 is 1.92 bits per heavy atom. The second kappa shape index (κ2) is 6.20. The van der Waals surface area contributed by atoms with Gasteiger partial charge in [0.1, 0.15) is 0 Å². The molecule has 0 saturated heterocycles. The molecule has 1 N–H and O–H groups in total. The molecule has 0 rings (SSSR count). The Labute approximate surface area is 92.1 Å². The minimum atomic E-state index is -0.234. The fourth-order valence-electron chi connectivity index (χ4n) is 1.12. The summed E-state index contributed by atoms with van der Waals surface area (Å²) >= 11 is 6.69. The van der Waals surface area contributed by atoms with Gasteiger partial charge >= 0.3 is 0 Å². The Balaban J connectivity index is 3.76. The van der Waals surface area contributed by atoms with Crippen LogP contribution in [0.25, 0.3) is 0 Å². The molecule has 0 amide bonds. The Bertz CT molecular complexity index is 131. The molecule has 1 radical (unpaired) electrons. The van der Waals surface area contributed by atoms with E-state index in [2.05, 4.69) is 27.7 Å². The van der Waals surface area contributed by atoms with Crippen LogP contribution in [0.15, 0.2) is 0 Å². The van der Waals surface area contributed by atoms with Gasteiger partial charge in [-0.2, -0.15) is 11.8 Å². The van der Waals surface area contributed by atoms with Crippen molar-refractivity contribution in [3.05, 3.63) is 0 Å². The normalized spacial score (nSPS) is 17.1. The van der Waals surface area contributed by atoms with E-state index in [1.165, 1.54) is 0 Å². The Morgan fingerprint density at radius 1 is 1.38 bits per heavy atom. The van der Waals surface area contributed by atoms with Crippen molar-refractivity contribution in [2.45, 2.75) is 45.5 Å². The molecule has 0 heterocycles. The number of thioether (sulfide) groups is 1. The number of hydrogen-bond donors (Lipinski definition) is 1. The lowest BCUT2D eigenvalue weighted by atomic mass is 9.87. The van der Waals surface area contributed by atoms with E-state index in [4.69, 9.17) is 12.6 Å². The first-order valence-electron chi connectivity index (χ1n) is 4.77. The van der Waals surface area contributed by atoms with Crippen LogP contribution in [0.1, 0.15) is 34.1 Å². The van der Waals surface area contributed by atoms with Gasteiger partial charge in [0.05, 0.1) is 6.10 Å². The maximum atomic E-state index is 9.91. The van der Waals surface area contributed by atoms with Gasteiger partial charge in [0, 0.05) is 11.0 Å². The fourth-order valence-corrected chi connectivity index (χ4v) is 2.72. The third-order valence-electron chi connectivity index (χ3n) is 2.00. The zero-order valence-electron chi connectivity index (χ0n) is 9.04. The summed E-state index contributed by atoms with van der Waals surface area (Å²) in [5.41, 5.74) is -0.0135. The maximum absolute atomic E-state index is 9.91. The summed E-state index contributed by atoms with van der Waals surface area (Å²) in [7, 11) is 0. The van der Waals surface area contributed by atoms with Gasteiger partial charge in [0.2, 0.25) is 0 Å². The molecule has 0 aromatic carbocycles. The molecule has 79 valence electrons. The van der Waals surface area contributed by atoms with Crippen LogP contribution in [0, 0.1) is 5.41 Å². The van der Waals surface area contributed by atoms with Crippen molar-refractivity contribution in [3.63, 3.8) is 0 Å². The smallest absolute Gasteiger partial charge is 0.0704 e. The minimum absolute atomic E-state index is 0.0135. The Kier molecular flexibility index (Phi) is 6.52. The Morgan fingerprint density at radius 3 is 2.31 bits per heavy atom. The summed E-state index contributed by atoms with van der Waals surface area (Å²) in [6.45, 7) is 8.30. The molecule has 1 nitrogen and oxygen atoms in total. The predicted octanol–water partition coefficient (Wildman–Crippen LogP) is 3.10. The molecular weight excluding hydrogens is 200 g/mol. The number of aliphatic hydroxyl groups excluding tert-OH is 1. The van der Waals surface area contributed by atoms with E-state index in [-0.39, 0.29) is 11.5 Å². The zero-order valence-corrected chi connectivity index (χ0v) is 10.7. The van der Waals surface area contributed by atoms with E-state index >= 15 is 0 Å². The first-order valence-corrected chi connectivity index (χ1v) is 6.40. The average Bonchev–Trinajstić information content (AvgIpc) is 2.01. The predicted molar refractivity (Wildman–Crippen MR) is 64.5 cm³/mol. The van der Waals surface area contributed by atoms with E-state index in [1.807, 2.05) is 11.8 Å². The highest BCUT2D eigenvalue weighted by atomic mass is 32.2. The number of aliphatic hydroxyl groups is 1. The van der Waals surface area contributed by atoms with Gasteiger partial charge in [-0.3, -0.25) is 0 Å². The van der Waals surface area contributed by atoms with Crippen molar-refractivity contribution in [1.29, 1.82) is 0 Å². The van der Waals surface area contributed by atoms with Crippen LogP contribution >= 0.6 is 24.4 Å². The SMILES string of the molecule is CC(SCCC[S])C(O)C(C)(C)C. The maximum Gasteiger partial charge on any atom is 0.0704 e. The van der Waals surface area contributed by atoms with Gasteiger partial charge in [-0.25, -0.2) is 0 Å². The van der Waals surface area contributed by atoms with Crippen molar-refractivity contribution >= 4 is 24.4 Å². The third-order valence-corrected chi connectivity index (χ3v) is 3.60. The van der Waals surface area contributed by atoms with Crippen LogP contribution in [0.2, 0.25) is 0 Å². The lowest BCUT2D eigenvalue weighted by Crippen LogP contribution is -2.34. The van der Waals surface area contributed by atoms with Crippen LogP contribution in [0.5, 0.6) is 0 Å². The molecule has 13 heavy (non-hydrogen) atoms. The second-order valence-electron chi connectivity index (χ2n) is 4.44. The average molecular weight is 221 g/mol. The minimum Gasteiger partial charge on any atom is -0.391 e. The third kappa shape index (κ3) is 5.87. The molecule has 2 atom stereocenters. The molecule has 0 aliphatic rings. The molecule has 0 bridgehead atoms. The van der Waals surface area contributed by atoms with Gasteiger partial charge in [-0.15, -0.1) is 0 Å². The highest BCUT2D eigenvalue weighted by molar-refractivity contribution is 7.99. The summed E-state index contributed by atoms with van der Waals surface area (Å²) in [5, 5.41) is 10.2. The van der Waals surface area contributed by atoms with E-state index in [0.29, 0.717) is 5.25 Å². The zero-order chi connectivity index (χ0) is 10.5. The van der Waals surface area contributed by atoms with Crippen LogP contribution in [-0.4, -0.2) is 28.0 Å². The molecule has 0 fully saturated rings. The topological polar surface area (TPSA) is 20.2 Å². The van der Waals surface area contributed by atoms with Crippen molar-refractivity contribution in [3.8, 4) is 0 Å². The number of rotatable bonds is 5.